The number of pyridine rings is 2. The minimum absolute atomic E-state index is 0.0365. The molecule has 1 aliphatic carbocycles. The second kappa shape index (κ2) is 8.51. The molecule has 0 amide bonds. The first-order chi connectivity index (χ1) is 16.4. The Hall–Kier alpha value is -3.69. The van der Waals surface area contributed by atoms with Crippen LogP contribution < -0.4 is 5.43 Å². The maximum atomic E-state index is 15.3. The summed E-state index contributed by atoms with van der Waals surface area (Å²) in [6.45, 7) is 6.53. The Morgan fingerprint density at radius 3 is 2.37 bits per heavy atom. The summed E-state index contributed by atoms with van der Waals surface area (Å²) in [6, 6.07) is 3.57. The fourth-order valence-corrected chi connectivity index (χ4v) is 3.81. The average molecular weight is 488 g/mol. The summed E-state index contributed by atoms with van der Waals surface area (Å²) in [5, 5.41) is -0.333. The van der Waals surface area contributed by atoms with E-state index in [-0.39, 0.29) is 41.9 Å². The monoisotopic (exact) mass is 488 g/mol. The topological polar surface area (TPSA) is 87.5 Å². The molecule has 35 heavy (non-hydrogen) atoms. The largest absolute Gasteiger partial charge is 0.462 e. The van der Waals surface area contributed by atoms with Crippen LogP contribution >= 0.6 is 0 Å². The molecule has 0 spiro atoms. The van der Waals surface area contributed by atoms with Crippen LogP contribution in [0.25, 0.3) is 16.7 Å². The van der Waals surface area contributed by atoms with Crippen LogP contribution in [0.4, 0.5) is 13.2 Å². The smallest absolute Gasteiger partial charge is 0.343 e. The highest BCUT2D eigenvalue weighted by Crippen LogP contribution is 2.50. The Morgan fingerprint density at radius 2 is 1.80 bits per heavy atom. The van der Waals surface area contributed by atoms with Crippen molar-refractivity contribution in [3.63, 3.8) is 0 Å². The number of aromatic nitrogens is 2. The zero-order valence-electron chi connectivity index (χ0n) is 19.6. The second-order valence-electron chi connectivity index (χ2n) is 9.33. The molecule has 2 heterocycles. The number of hydrogen-bond donors (Lipinski definition) is 0. The third-order valence-corrected chi connectivity index (χ3v) is 5.59. The third-order valence-electron chi connectivity index (χ3n) is 5.59. The molecule has 3 aromatic rings. The van der Waals surface area contributed by atoms with Gasteiger partial charge in [-0.1, -0.05) is 0 Å². The molecule has 7 nitrogen and oxygen atoms in total. The van der Waals surface area contributed by atoms with Crippen LogP contribution in [-0.2, 0) is 19.7 Å². The van der Waals surface area contributed by atoms with Crippen molar-refractivity contribution >= 4 is 23.0 Å². The van der Waals surface area contributed by atoms with Crippen molar-refractivity contribution in [2.75, 3.05) is 6.61 Å². The zero-order valence-corrected chi connectivity index (χ0v) is 19.6. The normalized spacial score (nSPS) is 14.6. The summed E-state index contributed by atoms with van der Waals surface area (Å²) in [4.78, 5) is 42.6. The number of halogens is 3. The van der Waals surface area contributed by atoms with Crippen molar-refractivity contribution in [1.29, 1.82) is 0 Å². The highest BCUT2D eigenvalue weighted by molar-refractivity contribution is 5.94. The van der Waals surface area contributed by atoms with E-state index in [4.69, 9.17) is 9.47 Å². The van der Waals surface area contributed by atoms with E-state index < -0.39 is 51.4 Å². The molecule has 0 saturated heterocycles. The van der Waals surface area contributed by atoms with Gasteiger partial charge in [0, 0.05) is 12.3 Å². The van der Waals surface area contributed by atoms with Crippen molar-refractivity contribution in [3.8, 4) is 5.69 Å². The molecule has 0 bridgehead atoms. The number of ether oxygens (including phenoxy) is 2. The molecule has 0 radical (unpaired) electrons. The molecular weight excluding hydrogens is 465 g/mol. The molecule has 4 rings (SSSR count). The lowest BCUT2D eigenvalue weighted by Crippen LogP contribution is -2.33. The van der Waals surface area contributed by atoms with Crippen LogP contribution in [0.3, 0.4) is 0 Å². The van der Waals surface area contributed by atoms with Crippen LogP contribution in [0.2, 0.25) is 0 Å². The fourth-order valence-electron chi connectivity index (χ4n) is 3.81. The van der Waals surface area contributed by atoms with E-state index in [2.05, 4.69) is 4.98 Å². The number of hydrogen-bond acceptors (Lipinski definition) is 6. The van der Waals surface area contributed by atoms with Crippen molar-refractivity contribution in [2.24, 2.45) is 0 Å². The minimum atomic E-state index is -1.35. The molecule has 1 aromatic carbocycles. The van der Waals surface area contributed by atoms with Gasteiger partial charge in [-0.2, -0.15) is 0 Å². The lowest BCUT2D eigenvalue weighted by Gasteiger charge is -2.24. The third kappa shape index (κ3) is 4.40. The van der Waals surface area contributed by atoms with Gasteiger partial charge in [-0.25, -0.2) is 22.9 Å². The SMILES string of the molecule is CCOC(=O)c1cn(-c2ccc(F)cc2F)c2nc(C3(C(=O)OC(C)(C)C)CC3)c(F)cc2c1=O. The quantitative estimate of drug-likeness (QED) is 0.496. The summed E-state index contributed by atoms with van der Waals surface area (Å²) < 4.78 is 55.1. The number of carbonyl (C=O) groups is 2. The van der Waals surface area contributed by atoms with E-state index in [1.54, 1.807) is 20.8 Å². The summed E-state index contributed by atoms with van der Waals surface area (Å²) in [6.07, 6.45) is 1.56. The Labute approximate surface area is 198 Å². The van der Waals surface area contributed by atoms with Gasteiger partial charge in [-0.05, 0) is 58.7 Å². The van der Waals surface area contributed by atoms with E-state index in [0.29, 0.717) is 6.07 Å². The molecule has 1 fully saturated rings. The Morgan fingerprint density at radius 1 is 1.11 bits per heavy atom. The van der Waals surface area contributed by atoms with Crippen LogP contribution in [-0.4, -0.2) is 33.7 Å². The Bertz CT molecular complexity index is 1420. The maximum Gasteiger partial charge on any atom is 0.343 e. The molecule has 0 unspecified atom stereocenters. The summed E-state index contributed by atoms with van der Waals surface area (Å²) in [5.74, 6) is -4.45. The van der Waals surface area contributed by atoms with Crippen LogP contribution in [0.15, 0.2) is 35.3 Å². The van der Waals surface area contributed by atoms with Gasteiger partial charge in [0.05, 0.1) is 23.4 Å². The van der Waals surface area contributed by atoms with Gasteiger partial charge in [0.25, 0.3) is 0 Å². The first-order valence-electron chi connectivity index (χ1n) is 11.0. The van der Waals surface area contributed by atoms with Gasteiger partial charge in [0.15, 0.2) is 0 Å². The number of fused-ring (bicyclic) bond motifs is 1. The molecule has 184 valence electrons. The summed E-state index contributed by atoms with van der Waals surface area (Å²) in [7, 11) is 0. The highest BCUT2D eigenvalue weighted by Gasteiger charge is 2.56. The Kier molecular flexibility index (Phi) is 5.94. The molecule has 2 aromatic heterocycles. The van der Waals surface area contributed by atoms with E-state index in [1.165, 1.54) is 6.92 Å². The minimum Gasteiger partial charge on any atom is -0.462 e. The van der Waals surface area contributed by atoms with E-state index in [0.717, 1.165) is 29.0 Å². The van der Waals surface area contributed by atoms with E-state index in [9.17, 15) is 23.2 Å². The Balaban J connectivity index is 2.01. The average Bonchev–Trinajstić information content (AvgIpc) is 3.55. The van der Waals surface area contributed by atoms with Crippen LogP contribution in [0.5, 0.6) is 0 Å². The molecule has 1 aliphatic rings. The predicted octanol–water partition coefficient (Wildman–Crippen LogP) is 4.35. The maximum absolute atomic E-state index is 15.3. The zero-order chi connectivity index (χ0) is 25.7. The molecular formula is C25H23F3N2O5. The van der Waals surface area contributed by atoms with Crippen molar-refractivity contribution in [2.45, 2.75) is 51.6 Å². The molecule has 0 aliphatic heterocycles. The molecule has 1 saturated carbocycles. The lowest BCUT2D eigenvalue weighted by molar-refractivity contribution is -0.158. The van der Waals surface area contributed by atoms with Gasteiger partial charge >= 0.3 is 11.9 Å². The first-order valence-corrected chi connectivity index (χ1v) is 11.0. The van der Waals surface area contributed by atoms with Crippen LogP contribution in [0, 0.1) is 17.5 Å². The van der Waals surface area contributed by atoms with Gasteiger partial charge in [0.2, 0.25) is 5.43 Å². The van der Waals surface area contributed by atoms with E-state index in [1.807, 2.05) is 0 Å². The predicted molar refractivity (Wildman–Crippen MR) is 120 cm³/mol. The number of rotatable bonds is 5. The number of nitrogens with zero attached hydrogens (tertiary/aromatic N) is 2. The van der Waals surface area contributed by atoms with Crippen molar-refractivity contribution in [1.82, 2.24) is 9.55 Å². The fraction of sp³-hybridized carbons (Fsp3) is 0.360. The first kappa shape index (κ1) is 24.4. The molecule has 0 N–H and O–H groups in total. The van der Waals surface area contributed by atoms with Gasteiger partial charge in [-0.3, -0.25) is 14.2 Å². The number of carbonyl (C=O) groups excluding carboxylic acids is 2. The highest BCUT2D eigenvalue weighted by atomic mass is 19.1. The van der Waals surface area contributed by atoms with Gasteiger partial charge in [-0.15, -0.1) is 0 Å². The number of benzene rings is 1. The van der Waals surface area contributed by atoms with Crippen molar-refractivity contribution < 1.29 is 32.2 Å². The summed E-state index contributed by atoms with van der Waals surface area (Å²) in [5.41, 5.74) is -4.24. The molecule has 0 atom stereocenters. The number of esters is 2. The molecule has 10 heteroatoms. The summed E-state index contributed by atoms with van der Waals surface area (Å²) >= 11 is 0. The van der Waals surface area contributed by atoms with E-state index >= 15 is 4.39 Å². The van der Waals surface area contributed by atoms with Crippen molar-refractivity contribution in [3.05, 3.63) is 69.4 Å². The van der Waals surface area contributed by atoms with Gasteiger partial charge < -0.3 is 9.47 Å². The standard InChI is InChI=1S/C25H23F3N2O5/c1-5-34-22(32)15-12-30(18-7-6-13(26)10-16(18)27)21-14(19(15)31)11-17(28)20(29-21)25(8-9-25)23(33)35-24(2,3)4/h6-7,10-12H,5,8-9H2,1-4H3. The second-order valence-corrected chi connectivity index (χ2v) is 9.33. The lowest BCUT2D eigenvalue weighted by atomic mass is 9.99. The van der Waals surface area contributed by atoms with Crippen LogP contribution in [0.1, 0.15) is 56.6 Å². The van der Waals surface area contributed by atoms with Gasteiger partial charge in [0.1, 0.15) is 39.7 Å².